The fourth-order valence-electron chi connectivity index (χ4n) is 1.70. The van der Waals surface area contributed by atoms with Crippen LogP contribution in [0.4, 0.5) is 0 Å². The molecule has 0 aromatic heterocycles. The second-order valence-electron chi connectivity index (χ2n) is 4.22. The minimum Gasteiger partial charge on any atom is -0.218 e. The van der Waals surface area contributed by atoms with Gasteiger partial charge in [-0.1, -0.05) is 44.2 Å². The lowest BCUT2D eigenvalue weighted by Gasteiger charge is -2.20. The molecule has 0 unspecified atom stereocenters. The topological polar surface area (TPSA) is 46.2 Å². The van der Waals surface area contributed by atoms with Gasteiger partial charge in [-0.25, -0.2) is 13.1 Å². The fourth-order valence-corrected chi connectivity index (χ4v) is 3.13. The normalized spacial score (nSPS) is 14.0. The highest BCUT2D eigenvalue weighted by atomic mass is 32.2. The van der Waals surface area contributed by atoms with Gasteiger partial charge in [0.2, 0.25) is 10.0 Å². The molecule has 0 amide bonds. The largest absolute Gasteiger partial charge is 0.218 e. The third-order valence-electron chi connectivity index (χ3n) is 2.71. The maximum Gasteiger partial charge on any atom is 0.214 e. The minimum absolute atomic E-state index is 0.0951. The zero-order chi connectivity index (χ0) is 12.2. The third-order valence-corrected chi connectivity index (χ3v) is 4.78. The summed E-state index contributed by atoms with van der Waals surface area (Å²) >= 11 is 0. The van der Waals surface area contributed by atoms with E-state index in [1.165, 1.54) is 7.05 Å². The molecule has 1 atom stereocenters. The Morgan fingerprint density at radius 3 is 2.19 bits per heavy atom. The van der Waals surface area contributed by atoms with Gasteiger partial charge in [-0.05, 0) is 24.9 Å². The van der Waals surface area contributed by atoms with Crippen LogP contribution < -0.4 is 4.72 Å². The molecule has 0 bridgehead atoms. The highest BCUT2D eigenvalue weighted by Crippen LogP contribution is 2.16. The molecular formula is C12H19NO2S. The van der Waals surface area contributed by atoms with Gasteiger partial charge in [0.15, 0.2) is 0 Å². The van der Waals surface area contributed by atoms with Crippen LogP contribution in [0.2, 0.25) is 0 Å². The molecule has 1 aromatic rings. The van der Waals surface area contributed by atoms with E-state index in [-0.39, 0.29) is 11.2 Å². The predicted octanol–water partition coefficient (Wildman–Crippen LogP) is 1.80. The fraction of sp³-hybridized carbons (Fsp3) is 0.500. The first-order valence-corrected chi connectivity index (χ1v) is 6.98. The average Bonchev–Trinajstić information content (AvgIpc) is 2.26. The summed E-state index contributed by atoms with van der Waals surface area (Å²) in [7, 11) is -1.74. The molecule has 0 aliphatic rings. The number of rotatable bonds is 5. The Balaban J connectivity index is 2.90. The summed E-state index contributed by atoms with van der Waals surface area (Å²) in [6, 6.07) is 9.71. The molecule has 0 saturated carbocycles. The summed E-state index contributed by atoms with van der Waals surface area (Å²) < 4.78 is 26.1. The summed E-state index contributed by atoms with van der Waals surface area (Å²) in [6.45, 7) is 3.87. The lowest BCUT2D eigenvalue weighted by atomic mass is 10.0. The lowest BCUT2D eigenvalue weighted by Crippen LogP contribution is -2.37. The van der Waals surface area contributed by atoms with E-state index in [4.69, 9.17) is 0 Å². The minimum atomic E-state index is -3.21. The monoisotopic (exact) mass is 241 g/mol. The van der Waals surface area contributed by atoms with Gasteiger partial charge in [-0.3, -0.25) is 0 Å². The van der Waals surface area contributed by atoms with Crippen molar-refractivity contribution in [2.24, 2.45) is 5.92 Å². The molecule has 16 heavy (non-hydrogen) atoms. The van der Waals surface area contributed by atoms with Crippen LogP contribution in [0, 0.1) is 5.92 Å². The van der Waals surface area contributed by atoms with Gasteiger partial charge in [0.05, 0.1) is 5.25 Å². The van der Waals surface area contributed by atoms with Crippen molar-refractivity contribution in [2.75, 3.05) is 7.05 Å². The Kier molecular flexibility index (Phi) is 4.50. The Labute approximate surface area is 97.9 Å². The lowest BCUT2D eigenvalue weighted by molar-refractivity contribution is 0.521. The van der Waals surface area contributed by atoms with E-state index < -0.39 is 10.0 Å². The van der Waals surface area contributed by atoms with Gasteiger partial charge in [0, 0.05) is 0 Å². The summed E-state index contributed by atoms with van der Waals surface area (Å²) in [5, 5.41) is -0.375. The van der Waals surface area contributed by atoms with Crippen LogP contribution >= 0.6 is 0 Å². The molecule has 1 N–H and O–H groups in total. The summed E-state index contributed by atoms with van der Waals surface area (Å²) in [4.78, 5) is 0. The van der Waals surface area contributed by atoms with Crippen LogP contribution in [-0.2, 0) is 16.4 Å². The van der Waals surface area contributed by atoms with Crippen LogP contribution in [0.1, 0.15) is 19.4 Å². The zero-order valence-electron chi connectivity index (χ0n) is 9.97. The van der Waals surface area contributed by atoms with Crippen LogP contribution in [0.3, 0.4) is 0 Å². The van der Waals surface area contributed by atoms with E-state index in [0.717, 1.165) is 5.56 Å². The van der Waals surface area contributed by atoms with Crippen molar-refractivity contribution in [1.29, 1.82) is 0 Å². The Morgan fingerprint density at radius 1 is 1.19 bits per heavy atom. The first-order chi connectivity index (χ1) is 7.47. The molecule has 0 spiro atoms. The predicted molar refractivity (Wildman–Crippen MR) is 66.8 cm³/mol. The summed E-state index contributed by atoms with van der Waals surface area (Å²) in [6.07, 6.45) is 0.557. The molecule has 0 aliphatic carbocycles. The van der Waals surface area contributed by atoms with Gasteiger partial charge in [-0.2, -0.15) is 0 Å². The summed E-state index contributed by atoms with van der Waals surface area (Å²) in [5.74, 6) is 0.0951. The van der Waals surface area contributed by atoms with E-state index in [2.05, 4.69) is 4.72 Å². The van der Waals surface area contributed by atoms with Crippen LogP contribution in [0.15, 0.2) is 30.3 Å². The first kappa shape index (κ1) is 13.2. The summed E-state index contributed by atoms with van der Waals surface area (Å²) in [5.41, 5.74) is 1.06. The van der Waals surface area contributed by atoms with Crippen molar-refractivity contribution in [1.82, 2.24) is 4.72 Å². The molecule has 0 aliphatic heterocycles. The van der Waals surface area contributed by atoms with Gasteiger partial charge in [0.25, 0.3) is 0 Å². The molecule has 90 valence electrons. The first-order valence-electron chi connectivity index (χ1n) is 5.43. The van der Waals surface area contributed by atoms with Crippen molar-refractivity contribution < 1.29 is 8.42 Å². The van der Waals surface area contributed by atoms with E-state index in [1.807, 2.05) is 44.2 Å². The van der Waals surface area contributed by atoms with Crippen molar-refractivity contribution >= 4 is 10.0 Å². The SMILES string of the molecule is CNS(=O)(=O)[C@H](Cc1ccccc1)C(C)C. The quantitative estimate of drug-likeness (QED) is 0.854. The van der Waals surface area contributed by atoms with Crippen LogP contribution in [0.25, 0.3) is 0 Å². The Bertz CT molecular complexity index is 412. The molecule has 3 nitrogen and oxygen atoms in total. The number of benzene rings is 1. The highest BCUT2D eigenvalue weighted by molar-refractivity contribution is 7.90. The molecule has 1 aromatic carbocycles. The molecular weight excluding hydrogens is 222 g/mol. The van der Waals surface area contributed by atoms with Gasteiger partial charge in [-0.15, -0.1) is 0 Å². The highest BCUT2D eigenvalue weighted by Gasteiger charge is 2.27. The van der Waals surface area contributed by atoms with E-state index >= 15 is 0 Å². The van der Waals surface area contributed by atoms with E-state index in [9.17, 15) is 8.42 Å². The van der Waals surface area contributed by atoms with E-state index in [0.29, 0.717) is 6.42 Å². The number of sulfonamides is 1. The average molecular weight is 241 g/mol. The Morgan fingerprint density at radius 2 is 1.75 bits per heavy atom. The second-order valence-corrected chi connectivity index (χ2v) is 6.33. The van der Waals surface area contributed by atoms with Crippen molar-refractivity contribution in [3.63, 3.8) is 0 Å². The van der Waals surface area contributed by atoms with Gasteiger partial charge < -0.3 is 0 Å². The van der Waals surface area contributed by atoms with Gasteiger partial charge in [0.1, 0.15) is 0 Å². The molecule has 0 heterocycles. The second kappa shape index (κ2) is 5.46. The number of hydrogen-bond donors (Lipinski definition) is 1. The molecule has 1 rings (SSSR count). The number of nitrogens with one attached hydrogen (secondary N) is 1. The number of hydrogen-bond acceptors (Lipinski definition) is 2. The zero-order valence-corrected chi connectivity index (χ0v) is 10.8. The maximum atomic E-state index is 11.8. The van der Waals surface area contributed by atoms with Crippen molar-refractivity contribution in [3.05, 3.63) is 35.9 Å². The van der Waals surface area contributed by atoms with Crippen LogP contribution in [0.5, 0.6) is 0 Å². The molecule has 0 radical (unpaired) electrons. The van der Waals surface area contributed by atoms with Crippen molar-refractivity contribution in [3.8, 4) is 0 Å². The maximum absolute atomic E-state index is 11.8. The van der Waals surface area contributed by atoms with E-state index in [1.54, 1.807) is 0 Å². The van der Waals surface area contributed by atoms with Crippen molar-refractivity contribution in [2.45, 2.75) is 25.5 Å². The van der Waals surface area contributed by atoms with Crippen LogP contribution in [-0.4, -0.2) is 20.7 Å². The third kappa shape index (κ3) is 3.32. The Hall–Kier alpha value is -0.870. The smallest absolute Gasteiger partial charge is 0.214 e. The molecule has 0 fully saturated rings. The standard InChI is InChI=1S/C12H19NO2S/c1-10(2)12(16(14,15)13-3)9-11-7-5-4-6-8-11/h4-8,10,12-13H,9H2,1-3H3/t12-/m1/s1. The van der Waals surface area contributed by atoms with Gasteiger partial charge >= 0.3 is 0 Å². The molecule has 4 heteroatoms. The molecule has 0 saturated heterocycles.